The zero-order valence-electron chi connectivity index (χ0n) is 27.8. The molecule has 3 aromatic carbocycles. The van der Waals surface area contributed by atoms with E-state index in [1.807, 2.05) is 48.5 Å². The molecule has 8 rings (SSSR count). The number of nitrogen functional groups attached to an aromatic ring is 1. The first-order valence-electron chi connectivity index (χ1n) is 16.5. The van der Waals surface area contributed by atoms with Crippen LogP contribution in [-0.4, -0.2) is 49.4 Å². The van der Waals surface area contributed by atoms with Crippen LogP contribution in [0.4, 0.5) is 17.1 Å². The Bertz CT molecular complexity index is 2220. The number of nitrogens with zero attached hydrogens (tertiary/aromatic N) is 7. The molecule has 260 valence electrons. The first kappa shape index (κ1) is 33.4. The van der Waals surface area contributed by atoms with Crippen LogP contribution in [0.1, 0.15) is 29.6 Å². The molecule has 0 spiro atoms. The van der Waals surface area contributed by atoms with Gasteiger partial charge in [-0.05, 0) is 73.9 Å². The average molecular weight is 696 g/mol. The molecule has 5 heterocycles. The number of ether oxygens (including phenoxy) is 2. The Kier molecular flexibility index (Phi) is 10.3. The van der Waals surface area contributed by atoms with Gasteiger partial charge in [-0.3, -0.25) is 14.8 Å². The topological polar surface area (TPSA) is 180 Å². The Morgan fingerprint density at radius 1 is 0.673 bits per heavy atom. The van der Waals surface area contributed by atoms with Crippen molar-refractivity contribution in [2.45, 2.75) is 19.3 Å². The number of hydrogen-bond donors (Lipinski definition) is 2. The molecule has 1 aliphatic rings. The summed E-state index contributed by atoms with van der Waals surface area (Å²) in [6.07, 6.45) is 9.37. The summed E-state index contributed by atoms with van der Waals surface area (Å²) < 4.78 is 21.9. The van der Waals surface area contributed by atoms with Crippen molar-refractivity contribution in [2.24, 2.45) is 0 Å². The number of hydrogen-bond acceptors (Lipinski definition) is 13. The minimum atomic E-state index is -0.159. The third-order valence-electron chi connectivity index (χ3n) is 7.87. The van der Waals surface area contributed by atoms with Gasteiger partial charge in [-0.1, -0.05) is 18.2 Å². The van der Waals surface area contributed by atoms with E-state index in [0.29, 0.717) is 63.1 Å². The van der Waals surface area contributed by atoms with Gasteiger partial charge in [-0.25, -0.2) is 0 Å². The number of piperidine rings is 1. The van der Waals surface area contributed by atoms with Crippen LogP contribution >= 0.6 is 0 Å². The molecule has 0 saturated carbocycles. The van der Waals surface area contributed by atoms with Crippen LogP contribution in [0.5, 0.6) is 23.0 Å². The molecule has 1 aliphatic heterocycles. The van der Waals surface area contributed by atoms with E-state index in [2.05, 4.69) is 46.6 Å². The Morgan fingerprint density at radius 3 is 1.88 bits per heavy atom. The van der Waals surface area contributed by atoms with Crippen LogP contribution in [0.25, 0.3) is 23.2 Å². The van der Waals surface area contributed by atoms with Gasteiger partial charge < -0.3 is 34.3 Å². The Balaban J connectivity index is 0.000000187. The van der Waals surface area contributed by atoms with Crippen LogP contribution in [0.2, 0.25) is 0 Å². The number of carbonyl (C=O) groups is 1. The second-order valence-electron chi connectivity index (χ2n) is 11.6. The summed E-state index contributed by atoms with van der Waals surface area (Å²) in [5.74, 6) is 2.92. The Hall–Kier alpha value is -7.09. The van der Waals surface area contributed by atoms with Gasteiger partial charge in [-0.2, -0.15) is 0 Å². The first-order chi connectivity index (χ1) is 25.6. The van der Waals surface area contributed by atoms with Crippen molar-refractivity contribution in [1.82, 2.24) is 30.4 Å². The maximum absolute atomic E-state index is 12.9. The standard InChI is InChI=1S/C25H23N5O3.C13H10N4O2/c31-24(18-6-4-8-20(14-18)30-12-2-1-3-13-30)28-19-7-5-9-21(15-19)33-22-10-11-26-23(16-22)25-29-27-17-32-25;14-9-2-1-3-10(6-9)19-11-4-5-15-12(7-11)13-17-16-8-18-13/h4-11,14-17H,1-3,12-13H2,(H,28,31);1-8H,14H2. The summed E-state index contributed by atoms with van der Waals surface area (Å²) in [7, 11) is 0. The molecule has 14 nitrogen and oxygen atoms in total. The van der Waals surface area contributed by atoms with Crippen molar-refractivity contribution in [3.05, 3.63) is 128 Å². The summed E-state index contributed by atoms with van der Waals surface area (Å²) in [5.41, 5.74) is 9.77. The lowest BCUT2D eigenvalue weighted by molar-refractivity contribution is 0.102. The van der Waals surface area contributed by atoms with Crippen LogP contribution in [0.15, 0.2) is 131 Å². The van der Waals surface area contributed by atoms with Crippen molar-refractivity contribution in [3.8, 4) is 46.2 Å². The molecule has 0 unspecified atom stereocenters. The number of benzene rings is 3. The smallest absolute Gasteiger partial charge is 0.266 e. The van der Waals surface area contributed by atoms with Crippen molar-refractivity contribution in [2.75, 3.05) is 29.0 Å². The van der Waals surface area contributed by atoms with Gasteiger partial charge in [0, 0.05) is 72.4 Å². The predicted octanol–water partition coefficient (Wildman–Crippen LogP) is 7.67. The number of amides is 1. The maximum atomic E-state index is 12.9. The molecule has 1 amide bonds. The van der Waals surface area contributed by atoms with Gasteiger partial charge >= 0.3 is 0 Å². The van der Waals surface area contributed by atoms with Gasteiger partial charge in [0.1, 0.15) is 34.4 Å². The van der Waals surface area contributed by atoms with Crippen LogP contribution in [0, 0.1) is 0 Å². The van der Waals surface area contributed by atoms with E-state index in [0.717, 1.165) is 18.8 Å². The molecule has 4 aromatic heterocycles. The lowest BCUT2D eigenvalue weighted by atomic mass is 10.1. The largest absolute Gasteiger partial charge is 0.457 e. The van der Waals surface area contributed by atoms with Gasteiger partial charge in [0.15, 0.2) is 0 Å². The summed E-state index contributed by atoms with van der Waals surface area (Å²) in [5, 5.41) is 17.9. The average Bonchev–Trinajstić information content (AvgIpc) is 3.93. The van der Waals surface area contributed by atoms with Gasteiger partial charge in [0.2, 0.25) is 12.8 Å². The van der Waals surface area contributed by atoms with E-state index in [9.17, 15) is 4.79 Å². The molecule has 3 N–H and O–H groups in total. The highest BCUT2D eigenvalue weighted by atomic mass is 16.5. The Labute approximate surface area is 298 Å². The summed E-state index contributed by atoms with van der Waals surface area (Å²) >= 11 is 0. The summed E-state index contributed by atoms with van der Waals surface area (Å²) in [4.78, 5) is 23.6. The fraction of sp³-hybridized carbons (Fsp3) is 0.132. The molecule has 0 bridgehead atoms. The molecular weight excluding hydrogens is 662 g/mol. The van der Waals surface area contributed by atoms with Crippen LogP contribution in [0.3, 0.4) is 0 Å². The maximum Gasteiger partial charge on any atom is 0.266 e. The predicted molar refractivity (Wildman–Crippen MR) is 193 cm³/mol. The fourth-order valence-corrected chi connectivity index (χ4v) is 5.44. The lowest BCUT2D eigenvalue weighted by Gasteiger charge is -2.29. The number of carbonyl (C=O) groups excluding carboxylic acids is 1. The normalized spacial score (nSPS) is 12.3. The number of aromatic nitrogens is 6. The highest BCUT2D eigenvalue weighted by molar-refractivity contribution is 6.04. The van der Waals surface area contributed by atoms with Gasteiger partial charge in [0.25, 0.3) is 17.7 Å². The van der Waals surface area contributed by atoms with E-state index in [-0.39, 0.29) is 5.91 Å². The highest BCUT2D eigenvalue weighted by Crippen LogP contribution is 2.28. The quantitative estimate of drug-likeness (QED) is 0.141. The van der Waals surface area contributed by atoms with Crippen molar-refractivity contribution >= 4 is 23.0 Å². The summed E-state index contributed by atoms with van der Waals surface area (Å²) in [6, 6.07) is 29.1. The molecule has 52 heavy (non-hydrogen) atoms. The van der Waals surface area contributed by atoms with Gasteiger partial charge in [0.05, 0.1) is 0 Å². The van der Waals surface area contributed by atoms with E-state index in [4.69, 9.17) is 24.0 Å². The minimum absolute atomic E-state index is 0.159. The fourth-order valence-electron chi connectivity index (χ4n) is 5.44. The minimum Gasteiger partial charge on any atom is -0.457 e. The lowest BCUT2D eigenvalue weighted by Crippen LogP contribution is -2.29. The van der Waals surface area contributed by atoms with Crippen molar-refractivity contribution < 1.29 is 23.1 Å². The van der Waals surface area contributed by atoms with Crippen LogP contribution in [-0.2, 0) is 0 Å². The number of pyridine rings is 2. The third kappa shape index (κ3) is 8.73. The highest BCUT2D eigenvalue weighted by Gasteiger charge is 2.14. The zero-order chi connectivity index (χ0) is 35.5. The second kappa shape index (κ2) is 16.1. The monoisotopic (exact) mass is 695 g/mol. The van der Waals surface area contributed by atoms with Crippen LogP contribution < -0.4 is 25.4 Å². The second-order valence-corrected chi connectivity index (χ2v) is 11.6. The van der Waals surface area contributed by atoms with E-state index >= 15 is 0 Å². The zero-order valence-corrected chi connectivity index (χ0v) is 27.8. The molecule has 0 aliphatic carbocycles. The SMILES string of the molecule is Nc1cccc(Oc2ccnc(-c3nnco3)c2)c1.O=C(Nc1cccc(Oc2ccnc(-c3nnco3)c2)c1)c1cccc(N2CCCCC2)c1. The molecular formula is C38H33N9O5. The number of rotatable bonds is 9. The van der Waals surface area contributed by atoms with E-state index in [1.54, 1.807) is 54.9 Å². The molecule has 1 fully saturated rings. The first-order valence-corrected chi connectivity index (χ1v) is 16.5. The number of nitrogens with one attached hydrogen (secondary N) is 1. The molecule has 0 atom stereocenters. The van der Waals surface area contributed by atoms with E-state index in [1.165, 1.54) is 32.0 Å². The molecule has 7 aromatic rings. The third-order valence-corrected chi connectivity index (χ3v) is 7.87. The van der Waals surface area contributed by atoms with Crippen molar-refractivity contribution in [3.63, 3.8) is 0 Å². The number of anilines is 3. The molecule has 1 saturated heterocycles. The van der Waals surface area contributed by atoms with Gasteiger partial charge in [-0.15, -0.1) is 20.4 Å². The Morgan fingerprint density at radius 2 is 1.27 bits per heavy atom. The number of nitrogens with two attached hydrogens (primary N) is 1. The van der Waals surface area contributed by atoms with Crippen molar-refractivity contribution in [1.29, 1.82) is 0 Å². The molecule has 14 heteroatoms. The van der Waals surface area contributed by atoms with E-state index < -0.39 is 0 Å². The molecule has 0 radical (unpaired) electrons. The summed E-state index contributed by atoms with van der Waals surface area (Å²) in [6.45, 7) is 2.07.